The van der Waals surface area contributed by atoms with Gasteiger partial charge >= 0.3 is 0 Å². The maximum Gasteiger partial charge on any atom is 0.263 e. The van der Waals surface area contributed by atoms with E-state index in [4.69, 9.17) is 20.0 Å². The number of para-hydroxylation sites is 1. The van der Waals surface area contributed by atoms with E-state index in [1.807, 2.05) is 43.3 Å². The quantitative estimate of drug-likeness (QED) is 0.415. The van der Waals surface area contributed by atoms with Crippen molar-refractivity contribution in [2.75, 3.05) is 27.4 Å². The fourth-order valence-corrected chi connectivity index (χ4v) is 2.39. The number of rotatable bonds is 9. The van der Waals surface area contributed by atoms with Crippen LogP contribution in [-0.2, 0) is 16.2 Å². The first-order chi connectivity index (χ1) is 13.0. The second-order valence-corrected chi connectivity index (χ2v) is 5.78. The minimum absolute atomic E-state index is 0.148. The number of methoxy groups -OCH3 is 1. The van der Waals surface area contributed by atoms with E-state index in [0.29, 0.717) is 24.5 Å². The first kappa shape index (κ1) is 20.1. The van der Waals surface area contributed by atoms with Crippen LogP contribution in [0.1, 0.15) is 18.1 Å². The number of amides is 1. The molecular formula is C20H25N3O4. The molecule has 0 heterocycles. The highest BCUT2D eigenvalue weighted by atomic mass is 16.6. The zero-order valence-electron chi connectivity index (χ0n) is 15.8. The standard InChI is InChI=1S/C20H25N3O4/c1-4-26-16-11-9-15(10-12-16)13-23(2)19(24)14-27-22-20(21)17-7-5-6-8-18(17)25-3/h5-12H,4,13-14H2,1-3H3,(H2,21,22). The van der Waals surface area contributed by atoms with Gasteiger partial charge in [0, 0.05) is 13.6 Å². The average molecular weight is 371 g/mol. The van der Waals surface area contributed by atoms with Gasteiger partial charge in [-0.3, -0.25) is 4.79 Å². The molecule has 0 aliphatic rings. The molecule has 27 heavy (non-hydrogen) atoms. The van der Waals surface area contributed by atoms with Gasteiger partial charge in [-0.05, 0) is 36.8 Å². The molecule has 7 heteroatoms. The number of nitrogens with zero attached hydrogens (tertiary/aromatic N) is 2. The number of nitrogens with two attached hydrogens (primary N) is 1. The van der Waals surface area contributed by atoms with Crippen molar-refractivity contribution in [1.82, 2.24) is 4.90 Å². The van der Waals surface area contributed by atoms with Gasteiger partial charge in [-0.25, -0.2) is 0 Å². The van der Waals surface area contributed by atoms with Crippen molar-refractivity contribution in [3.05, 3.63) is 59.7 Å². The van der Waals surface area contributed by atoms with Crippen molar-refractivity contribution in [2.24, 2.45) is 10.9 Å². The molecule has 0 atom stereocenters. The lowest BCUT2D eigenvalue weighted by Gasteiger charge is -2.17. The van der Waals surface area contributed by atoms with E-state index in [-0.39, 0.29) is 18.3 Å². The van der Waals surface area contributed by atoms with Crippen molar-refractivity contribution in [3.63, 3.8) is 0 Å². The molecule has 7 nitrogen and oxygen atoms in total. The van der Waals surface area contributed by atoms with Crippen LogP contribution >= 0.6 is 0 Å². The molecule has 0 aliphatic heterocycles. The first-order valence-corrected chi connectivity index (χ1v) is 8.59. The van der Waals surface area contributed by atoms with E-state index in [0.717, 1.165) is 11.3 Å². The SMILES string of the molecule is CCOc1ccc(CN(C)C(=O)CO/N=C(/N)c2ccccc2OC)cc1. The van der Waals surface area contributed by atoms with E-state index in [2.05, 4.69) is 5.16 Å². The zero-order chi connectivity index (χ0) is 19.6. The number of amidine groups is 1. The third kappa shape index (κ3) is 5.91. The van der Waals surface area contributed by atoms with Crippen LogP contribution < -0.4 is 15.2 Å². The Kier molecular flexibility index (Phi) is 7.49. The monoisotopic (exact) mass is 371 g/mol. The van der Waals surface area contributed by atoms with Crippen molar-refractivity contribution in [3.8, 4) is 11.5 Å². The van der Waals surface area contributed by atoms with Crippen LogP contribution in [0.5, 0.6) is 11.5 Å². The molecular weight excluding hydrogens is 346 g/mol. The number of oxime groups is 1. The Balaban J connectivity index is 1.87. The van der Waals surface area contributed by atoms with Gasteiger partial charge in [0.25, 0.3) is 5.91 Å². The van der Waals surface area contributed by atoms with E-state index in [1.165, 1.54) is 0 Å². The summed E-state index contributed by atoms with van der Waals surface area (Å²) in [4.78, 5) is 18.9. The summed E-state index contributed by atoms with van der Waals surface area (Å²) < 4.78 is 10.6. The van der Waals surface area contributed by atoms with E-state index in [1.54, 1.807) is 31.2 Å². The minimum Gasteiger partial charge on any atom is -0.496 e. The summed E-state index contributed by atoms with van der Waals surface area (Å²) in [5, 5.41) is 3.81. The summed E-state index contributed by atoms with van der Waals surface area (Å²) in [5.74, 6) is 1.33. The van der Waals surface area contributed by atoms with Crippen molar-refractivity contribution >= 4 is 11.7 Å². The van der Waals surface area contributed by atoms with Gasteiger partial charge in [-0.1, -0.05) is 29.4 Å². The highest BCUT2D eigenvalue weighted by Crippen LogP contribution is 2.17. The number of likely N-dealkylation sites (N-methyl/N-ethyl adjacent to an activating group) is 1. The largest absolute Gasteiger partial charge is 0.496 e. The predicted molar refractivity (Wildman–Crippen MR) is 104 cm³/mol. The molecule has 1 amide bonds. The van der Waals surface area contributed by atoms with Gasteiger partial charge in [0.15, 0.2) is 12.4 Å². The molecule has 144 valence electrons. The van der Waals surface area contributed by atoms with Crippen LogP contribution in [0.3, 0.4) is 0 Å². The summed E-state index contributed by atoms with van der Waals surface area (Å²) in [6.45, 7) is 2.81. The van der Waals surface area contributed by atoms with Crippen LogP contribution in [0.2, 0.25) is 0 Å². The Bertz CT molecular complexity index is 775. The van der Waals surface area contributed by atoms with Crippen LogP contribution in [0.25, 0.3) is 0 Å². The Hall–Kier alpha value is -3.22. The summed E-state index contributed by atoms with van der Waals surface area (Å²) in [5.41, 5.74) is 7.50. The second kappa shape index (κ2) is 10.1. The second-order valence-electron chi connectivity index (χ2n) is 5.78. The van der Waals surface area contributed by atoms with E-state index in [9.17, 15) is 4.79 Å². The molecule has 0 spiro atoms. The van der Waals surface area contributed by atoms with Gasteiger partial charge in [-0.2, -0.15) is 0 Å². The Morgan fingerprint density at radius 2 is 1.85 bits per heavy atom. The van der Waals surface area contributed by atoms with Gasteiger partial charge in [0.05, 0.1) is 19.3 Å². The molecule has 2 aromatic carbocycles. The minimum atomic E-state index is -0.208. The fraction of sp³-hybridized carbons (Fsp3) is 0.300. The third-order valence-corrected chi connectivity index (χ3v) is 3.81. The lowest BCUT2D eigenvalue weighted by Crippen LogP contribution is -2.29. The third-order valence-electron chi connectivity index (χ3n) is 3.81. The molecule has 0 radical (unpaired) electrons. The molecule has 0 saturated carbocycles. The van der Waals surface area contributed by atoms with Gasteiger partial charge in [-0.15, -0.1) is 0 Å². The molecule has 0 aromatic heterocycles. The first-order valence-electron chi connectivity index (χ1n) is 8.59. The molecule has 0 bridgehead atoms. The van der Waals surface area contributed by atoms with Crippen LogP contribution in [0, 0.1) is 0 Å². The van der Waals surface area contributed by atoms with Crippen LogP contribution in [-0.4, -0.2) is 44.0 Å². The van der Waals surface area contributed by atoms with Crippen LogP contribution in [0.15, 0.2) is 53.7 Å². The molecule has 0 fully saturated rings. The van der Waals surface area contributed by atoms with Gasteiger partial charge in [0.1, 0.15) is 11.5 Å². The summed E-state index contributed by atoms with van der Waals surface area (Å²) in [6, 6.07) is 14.8. The Morgan fingerprint density at radius 3 is 2.52 bits per heavy atom. The maximum absolute atomic E-state index is 12.2. The molecule has 2 N–H and O–H groups in total. The van der Waals surface area contributed by atoms with Crippen molar-refractivity contribution < 1.29 is 19.1 Å². The normalized spacial score (nSPS) is 11.0. The fourth-order valence-electron chi connectivity index (χ4n) is 2.39. The molecule has 2 aromatic rings. The predicted octanol–water partition coefficient (Wildman–Crippen LogP) is 2.39. The zero-order valence-corrected chi connectivity index (χ0v) is 15.8. The number of carbonyl (C=O) groups excluding carboxylic acids is 1. The lowest BCUT2D eigenvalue weighted by atomic mass is 10.2. The van der Waals surface area contributed by atoms with Gasteiger partial charge in [0.2, 0.25) is 0 Å². The van der Waals surface area contributed by atoms with E-state index >= 15 is 0 Å². The number of carbonyl (C=O) groups is 1. The summed E-state index contributed by atoms with van der Waals surface area (Å²) in [7, 11) is 3.25. The number of hydrogen-bond acceptors (Lipinski definition) is 5. The lowest BCUT2D eigenvalue weighted by molar-refractivity contribution is -0.135. The highest BCUT2D eigenvalue weighted by Gasteiger charge is 2.11. The van der Waals surface area contributed by atoms with E-state index < -0.39 is 0 Å². The van der Waals surface area contributed by atoms with Crippen molar-refractivity contribution in [2.45, 2.75) is 13.5 Å². The van der Waals surface area contributed by atoms with Gasteiger partial charge < -0.3 is 24.9 Å². The Morgan fingerprint density at radius 1 is 1.15 bits per heavy atom. The number of ether oxygens (including phenoxy) is 2. The highest BCUT2D eigenvalue weighted by molar-refractivity contribution is 5.99. The number of benzene rings is 2. The molecule has 0 aliphatic carbocycles. The maximum atomic E-state index is 12.2. The summed E-state index contributed by atoms with van der Waals surface area (Å²) >= 11 is 0. The Labute approximate surface area is 159 Å². The molecule has 0 unspecified atom stereocenters. The summed E-state index contributed by atoms with van der Waals surface area (Å²) in [6.07, 6.45) is 0. The molecule has 2 rings (SSSR count). The topological polar surface area (TPSA) is 86.4 Å². The van der Waals surface area contributed by atoms with Crippen molar-refractivity contribution in [1.29, 1.82) is 0 Å². The average Bonchev–Trinajstić information content (AvgIpc) is 2.69. The molecule has 0 saturated heterocycles. The smallest absolute Gasteiger partial charge is 0.263 e. The van der Waals surface area contributed by atoms with Crippen LogP contribution in [0.4, 0.5) is 0 Å². The number of hydrogen-bond donors (Lipinski definition) is 1.